The lowest BCUT2D eigenvalue weighted by Crippen LogP contribution is -2.40. The van der Waals surface area contributed by atoms with Gasteiger partial charge in [0.15, 0.2) is 0 Å². The summed E-state index contributed by atoms with van der Waals surface area (Å²) in [6.45, 7) is -1.25. The van der Waals surface area contributed by atoms with Gasteiger partial charge in [-0.05, 0) is 36.4 Å². The summed E-state index contributed by atoms with van der Waals surface area (Å²) in [5.41, 5.74) is -0.561. The number of nitrogens with one attached hydrogen (secondary N) is 1. The topological polar surface area (TPSA) is 32.3 Å². The van der Waals surface area contributed by atoms with Crippen LogP contribution in [0, 0.1) is 11.6 Å². The summed E-state index contributed by atoms with van der Waals surface area (Å²) >= 11 is 5.83. The lowest BCUT2D eigenvalue weighted by molar-refractivity contribution is -0.187. The maximum absolute atomic E-state index is 13.9. The molecule has 0 saturated heterocycles. The van der Waals surface area contributed by atoms with Crippen LogP contribution in [-0.2, 0) is 11.3 Å². The molecule has 0 radical (unpaired) electrons. The first-order valence-electron chi connectivity index (χ1n) is 7.49. The average Bonchev–Trinajstić information content (AvgIpc) is 2.65. The fraction of sp³-hybridized carbons (Fsp3) is 0.235. The Balaban J connectivity index is 2.09. The van der Waals surface area contributed by atoms with E-state index in [0.717, 1.165) is 29.2 Å². The van der Waals surface area contributed by atoms with Gasteiger partial charge in [-0.25, -0.2) is 8.78 Å². The molecule has 1 aliphatic rings. The largest absolute Gasteiger partial charge is 0.408 e. The van der Waals surface area contributed by atoms with Crippen molar-refractivity contribution in [3.63, 3.8) is 0 Å². The zero-order chi connectivity index (χ0) is 19.1. The van der Waals surface area contributed by atoms with Gasteiger partial charge in [0.05, 0.1) is 6.54 Å². The van der Waals surface area contributed by atoms with Crippen molar-refractivity contribution >= 4 is 23.2 Å². The van der Waals surface area contributed by atoms with Crippen LogP contribution in [-0.4, -0.2) is 23.5 Å². The van der Waals surface area contributed by atoms with Gasteiger partial charge < -0.3 is 5.32 Å². The second-order valence-corrected chi connectivity index (χ2v) is 6.30. The molecule has 9 heteroatoms. The Bertz CT molecular complexity index is 856. The minimum absolute atomic E-state index is 0.0241. The number of alkyl halides is 3. The van der Waals surface area contributed by atoms with Crippen LogP contribution in [0.15, 0.2) is 36.4 Å². The predicted octanol–water partition coefficient (Wildman–Crippen LogP) is 4.68. The molecule has 0 fully saturated rings. The van der Waals surface area contributed by atoms with Gasteiger partial charge >= 0.3 is 6.18 Å². The molecule has 0 bridgehead atoms. The SMILES string of the molecule is O=C1CN(Cc2cc(F)ccc2F)C(C(F)(F)F)c2cc(Cl)ccc2N1. The van der Waals surface area contributed by atoms with Gasteiger partial charge in [0.25, 0.3) is 0 Å². The molecule has 3 nitrogen and oxygen atoms in total. The van der Waals surface area contributed by atoms with Crippen molar-refractivity contribution in [3.05, 3.63) is 64.2 Å². The summed E-state index contributed by atoms with van der Waals surface area (Å²) in [6, 6.07) is 4.04. The third kappa shape index (κ3) is 3.81. The van der Waals surface area contributed by atoms with Crippen LogP contribution in [0.2, 0.25) is 5.02 Å². The van der Waals surface area contributed by atoms with E-state index in [9.17, 15) is 26.7 Å². The molecule has 1 N–H and O–H groups in total. The molecule has 0 aliphatic carbocycles. The van der Waals surface area contributed by atoms with Crippen LogP contribution < -0.4 is 5.32 Å². The number of nitrogens with zero attached hydrogens (tertiary/aromatic N) is 1. The number of rotatable bonds is 2. The predicted molar refractivity (Wildman–Crippen MR) is 85.6 cm³/mol. The van der Waals surface area contributed by atoms with Crippen LogP contribution in [0.4, 0.5) is 27.6 Å². The number of amides is 1. The first kappa shape index (κ1) is 18.6. The molecule has 1 heterocycles. The summed E-state index contributed by atoms with van der Waals surface area (Å²) in [4.78, 5) is 12.8. The zero-order valence-electron chi connectivity index (χ0n) is 13.1. The molecule has 2 aromatic rings. The van der Waals surface area contributed by atoms with Crippen molar-refractivity contribution in [1.82, 2.24) is 4.90 Å². The standard InChI is InChI=1S/C17H12ClF5N2O/c18-10-1-4-14-12(6-10)16(17(21,22)23)25(8-15(26)24-14)7-9-5-11(19)2-3-13(9)20/h1-6,16H,7-8H2,(H,24,26). The summed E-state index contributed by atoms with van der Waals surface area (Å²) < 4.78 is 68.7. The zero-order valence-corrected chi connectivity index (χ0v) is 13.8. The molecule has 138 valence electrons. The number of anilines is 1. The van der Waals surface area contributed by atoms with Crippen LogP contribution in [0.1, 0.15) is 17.2 Å². The summed E-state index contributed by atoms with van der Waals surface area (Å²) in [6.07, 6.45) is -4.77. The number of benzene rings is 2. The number of fused-ring (bicyclic) bond motifs is 1. The highest BCUT2D eigenvalue weighted by Gasteiger charge is 2.47. The molecular formula is C17H12ClF5N2O. The van der Waals surface area contributed by atoms with E-state index in [0.29, 0.717) is 0 Å². The van der Waals surface area contributed by atoms with E-state index in [2.05, 4.69) is 5.32 Å². The maximum Gasteiger partial charge on any atom is 0.408 e. The van der Waals surface area contributed by atoms with E-state index in [1.807, 2.05) is 0 Å². The van der Waals surface area contributed by atoms with Crippen molar-refractivity contribution in [2.24, 2.45) is 0 Å². The van der Waals surface area contributed by atoms with Crippen LogP contribution in [0.25, 0.3) is 0 Å². The van der Waals surface area contributed by atoms with Gasteiger partial charge in [0, 0.05) is 28.4 Å². The molecule has 1 amide bonds. The highest BCUT2D eigenvalue weighted by molar-refractivity contribution is 6.30. The maximum atomic E-state index is 13.9. The third-order valence-electron chi connectivity index (χ3n) is 3.99. The van der Waals surface area contributed by atoms with E-state index in [1.165, 1.54) is 12.1 Å². The first-order chi connectivity index (χ1) is 12.1. The molecule has 0 spiro atoms. The Hall–Kier alpha value is -2.19. The monoisotopic (exact) mass is 390 g/mol. The summed E-state index contributed by atoms with van der Waals surface area (Å²) in [5, 5.41) is 2.45. The lowest BCUT2D eigenvalue weighted by atomic mass is 10.0. The van der Waals surface area contributed by atoms with Crippen LogP contribution >= 0.6 is 11.6 Å². The van der Waals surface area contributed by atoms with Crippen molar-refractivity contribution in [2.75, 3.05) is 11.9 Å². The Labute approximate surface area is 150 Å². The van der Waals surface area contributed by atoms with Crippen molar-refractivity contribution in [1.29, 1.82) is 0 Å². The Morgan fingerprint density at radius 1 is 1.15 bits per heavy atom. The molecule has 1 aliphatic heterocycles. The second kappa shape index (κ2) is 6.85. The normalized spacial score (nSPS) is 18.2. The Morgan fingerprint density at radius 3 is 2.58 bits per heavy atom. The molecular weight excluding hydrogens is 379 g/mol. The summed E-state index contributed by atoms with van der Waals surface area (Å²) in [7, 11) is 0. The lowest BCUT2D eigenvalue weighted by Gasteiger charge is -2.31. The molecule has 1 unspecified atom stereocenters. The van der Waals surface area contributed by atoms with Crippen LogP contribution in [0.5, 0.6) is 0 Å². The fourth-order valence-electron chi connectivity index (χ4n) is 2.95. The van der Waals surface area contributed by atoms with Gasteiger partial charge in [-0.1, -0.05) is 11.6 Å². The minimum Gasteiger partial charge on any atom is -0.325 e. The van der Waals surface area contributed by atoms with E-state index in [-0.39, 0.29) is 21.8 Å². The third-order valence-corrected chi connectivity index (χ3v) is 4.22. The van der Waals surface area contributed by atoms with Gasteiger partial charge in [0.1, 0.15) is 17.7 Å². The number of hydrogen-bond acceptors (Lipinski definition) is 2. The van der Waals surface area contributed by atoms with E-state index < -0.39 is 42.8 Å². The number of carbonyl (C=O) groups excluding carboxylic acids is 1. The molecule has 26 heavy (non-hydrogen) atoms. The van der Waals surface area contributed by atoms with Crippen molar-refractivity contribution in [3.8, 4) is 0 Å². The van der Waals surface area contributed by atoms with Gasteiger partial charge in [-0.2, -0.15) is 13.2 Å². The van der Waals surface area contributed by atoms with Gasteiger partial charge in [-0.3, -0.25) is 9.69 Å². The smallest absolute Gasteiger partial charge is 0.325 e. The Morgan fingerprint density at radius 2 is 1.88 bits per heavy atom. The van der Waals surface area contributed by atoms with Gasteiger partial charge in [0.2, 0.25) is 5.91 Å². The van der Waals surface area contributed by atoms with E-state index >= 15 is 0 Å². The van der Waals surface area contributed by atoms with E-state index in [1.54, 1.807) is 0 Å². The van der Waals surface area contributed by atoms with Crippen molar-refractivity contribution < 1.29 is 26.7 Å². The highest BCUT2D eigenvalue weighted by atomic mass is 35.5. The fourth-order valence-corrected chi connectivity index (χ4v) is 3.13. The number of carbonyl (C=O) groups is 1. The van der Waals surface area contributed by atoms with E-state index in [4.69, 9.17) is 11.6 Å². The number of halogens is 6. The molecule has 0 aromatic heterocycles. The van der Waals surface area contributed by atoms with Crippen molar-refractivity contribution in [2.45, 2.75) is 18.8 Å². The molecule has 3 rings (SSSR count). The van der Waals surface area contributed by atoms with Crippen LogP contribution in [0.3, 0.4) is 0 Å². The molecule has 2 aromatic carbocycles. The minimum atomic E-state index is -4.77. The quantitative estimate of drug-likeness (QED) is 0.755. The molecule has 1 atom stereocenters. The summed E-state index contributed by atoms with van der Waals surface area (Å²) in [5.74, 6) is -2.34. The molecule has 0 saturated carbocycles. The second-order valence-electron chi connectivity index (χ2n) is 5.86. The Kier molecular flexibility index (Phi) is 4.90. The average molecular weight is 391 g/mol. The number of hydrogen-bond donors (Lipinski definition) is 1. The highest BCUT2D eigenvalue weighted by Crippen LogP contribution is 2.43. The first-order valence-corrected chi connectivity index (χ1v) is 7.87. The van der Waals surface area contributed by atoms with Gasteiger partial charge in [-0.15, -0.1) is 0 Å².